The van der Waals surface area contributed by atoms with E-state index in [1.807, 2.05) is 31.2 Å². The Kier molecular flexibility index (Phi) is 11.3. The molecule has 0 aromatic heterocycles. The third kappa shape index (κ3) is 8.15. The number of hydrogen-bond donors (Lipinski definition) is 1. The lowest BCUT2D eigenvalue weighted by atomic mass is 9.65. The molecule has 1 aliphatic carbocycles. The summed E-state index contributed by atoms with van der Waals surface area (Å²) < 4.78 is 41.9. The van der Waals surface area contributed by atoms with Gasteiger partial charge in [0.2, 0.25) is 10.0 Å². The van der Waals surface area contributed by atoms with Crippen molar-refractivity contribution in [3.8, 4) is 5.75 Å². The molecule has 2 bridgehead atoms. The Hall–Kier alpha value is -2.37. The number of piperazine rings is 1. The van der Waals surface area contributed by atoms with Crippen LogP contribution in [0.3, 0.4) is 0 Å². The number of nitrogens with one attached hydrogen (secondary N) is 1. The summed E-state index contributed by atoms with van der Waals surface area (Å²) in [5.41, 5.74) is 3.53. The lowest BCUT2D eigenvalue weighted by Crippen LogP contribution is -2.59. The molecule has 7 rings (SSSR count). The van der Waals surface area contributed by atoms with Gasteiger partial charge in [0, 0.05) is 62.4 Å². The van der Waals surface area contributed by atoms with Crippen LogP contribution in [0.4, 0.5) is 5.69 Å². The number of fused-ring (bicyclic) bond motifs is 4. The molecular weight excluding hydrogens is 672 g/mol. The number of benzene rings is 2. The van der Waals surface area contributed by atoms with Gasteiger partial charge in [-0.1, -0.05) is 31.0 Å². The number of amides is 1. The van der Waals surface area contributed by atoms with Gasteiger partial charge in [0.05, 0.1) is 24.2 Å². The van der Waals surface area contributed by atoms with Crippen molar-refractivity contribution >= 4 is 33.2 Å². The number of halogens is 1. The number of anilines is 1. The highest BCUT2D eigenvalue weighted by molar-refractivity contribution is 7.90. The molecule has 0 radical (unpaired) electrons. The Balaban J connectivity index is 1.19. The van der Waals surface area contributed by atoms with E-state index in [0.717, 1.165) is 120 Å². The van der Waals surface area contributed by atoms with Crippen LogP contribution in [0.5, 0.6) is 5.75 Å². The molecule has 2 aromatic rings. The minimum atomic E-state index is -3.87. The van der Waals surface area contributed by atoms with Crippen LogP contribution in [0, 0.1) is 23.7 Å². The van der Waals surface area contributed by atoms with Crippen molar-refractivity contribution in [2.75, 3.05) is 63.9 Å². The average Bonchev–Trinajstić information content (AvgIpc) is 3.12. The number of sulfonamides is 1. The lowest BCUT2D eigenvalue weighted by molar-refractivity contribution is -0.0519. The molecule has 2 saturated heterocycles. The Morgan fingerprint density at radius 3 is 2.64 bits per heavy atom. The molecule has 4 aliphatic heterocycles. The minimum absolute atomic E-state index is 0.0666. The largest absolute Gasteiger partial charge is 0.487 e. The fourth-order valence-electron chi connectivity index (χ4n) is 9.08. The number of aryl methyl sites for hydroxylation is 1. The fourth-order valence-corrected chi connectivity index (χ4v) is 10.6. The van der Waals surface area contributed by atoms with Crippen LogP contribution in [0.25, 0.3) is 0 Å². The van der Waals surface area contributed by atoms with E-state index in [9.17, 15) is 13.2 Å². The molecule has 5 aliphatic rings. The molecule has 11 heteroatoms. The first-order valence-corrected chi connectivity index (χ1v) is 21.0. The molecule has 1 saturated carbocycles. The van der Waals surface area contributed by atoms with Crippen molar-refractivity contribution in [3.05, 3.63) is 58.1 Å². The zero-order valence-electron chi connectivity index (χ0n) is 29.8. The van der Waals surface area contributed by atoms with E-state index in [4.69, 9.17) is 21.1 Å². The topological polar surface area (TPSA) is 91.4 Å². The standard InChI is InChI=1S/C39H55ClN4O5S/c1-27-6-5-8-31(22-42-16-17-43-18-19-48-26-35(43)24-42)36-13-10-32(36)23-44-15-4-3-7-29-20-34(40)12-9-33(29)25-49-38-14-11-30(21-37(38)44)39(45)41-50(46,47)28(27)2/h9,11-12,14,20-21,27-28,31-32,35-36H,3-8,10,13,15-19,22-26H2,1-2H3,(H,41,45)/t27-,28+,31-,32-,35-,36-/m0/s1. The summed E-state index contributed by atoms with van der Waals surface area (Å²) in [7, 11) is -3.87. The first-order chi connectivity index (χ1) is 24.1. The van der Waals surface area contributed by atoms with Crippen molar-refractivity contribution in [3.63, 3.8) is 0 Å². The van der Waals surface area contributed by atoms with E-state index in [1.54, 1.807) is 13.0 Å². The number of rotatable bonds is 2. The Labute approximate surface area is 304 Å². The van der Waals surface area contributed by atoms with Gasteiger partial charge in [-0.25, -0.2) is 13.1 Å². The normalized spacial score (nSPS) is 31.4. The zero-order chi connectivity index (χ0) is 34.8. The van der Waals surface area contributed by atoms with Crippen LogP contribution >= 0.6 is 11.6 Å². The van der Waals surface area contributed by atoms with E-state index in [-0.39, 0.29) is 5.92 Å². The third-order valence-electron chi connectivity index (χ3n) is 12.5. The van der Waals surface area contributed by atoms with Gasteiger partial charge in [0.1, 0.15) is 12.4 Å². The quantitative estimate of drug-likeness (QED) is 0.404. The Morgan fingerprint density at radius 2 is 1.80 bits per heavy atom. The second-order valence-corrected chi connectivity index (χ2v) is 18.1. The molecule has 274 valence electrons. The molecular formula is C39H55ClN4O5S. The summed E-state index contributed by atoms with van der Waals surface area (Å²) in [5, 5.41) is 0.0563. The van der Waals surface area contributed by atoms with E-state index in [2.05, 4.69) is 25.5 Å². The number of ether oxygens (including phenoxy) is 2. The highest BCUT2D eigenvalue weighted by Gasteiger charge is 2.40. The Bertz CT molecular complexity index is 1620. The maximum atomic E-state index is 13.6. The van der Waals surface area contributed by atoms with Crippen molar-refractivity contribution in [2.24, 2.45) is 23.7 Å². The maximum absolute atomic E-state index is 13.6. The van der Waals surface area contributed by atoms with Gasteiger partial charge >= 0.3 is 0 Å². The van der Waals surface area contributed by atoms with Gasteiger partial charge in [-0.15, -0.1) is 0 Å². The lowest BCUT2D eigenvalue weighted by Gasteiger charge is -2.48. The highest BCUT2D eigenvalue weighted by atomic mass is 35.5. The van der Waals surface area contributed by atoms with Crippen LogP contribution in [0.15, 0.2) is 36.4 Å². The number of morpholine rings is 1. The van der Waals surface area contributed by atoms with Crippen molar-refractivity contribution < 1.29 is 22.7 Å². The summed E-state index contributed by atoms with van der Waals surface area (Å²) in [6.45, 7) is 13.0. The first-order valence-electron chi connectivity index (χ1n) is 19.0. The van der Waals surface area contributed by atoms with Crippen LogP contribution in [-0.2, 0) is 27.8 Å². The monoisotopic (exact) mass is 726 g/mol. The van der Waals surface area contributed by atoms with Crippen molar-refractivity contribution in [2.45, 2.75) is 83.1 Å². The number of hydrogen-bond acceptors (Lipinski definition) is 8. The van der Waals surface area contributed by atoms with Gasteiger partial charge in [-0.2, -0.15) is 0 Å². The van der Waals surface area contributed by atoms with Gasteiger partial charge in [-0.3, -0.25) is 9.69 Å². The molecule has 0 unspecified atom stereocenters. The van der Waals surface area contributed by atoms with Gasteiger partial charge in [0.15, 0.2) is 0 Å². The molecule has 1 N–H and O–H groups in total. The van der Waals surface area contributed by atoms with Crippen molar-refractivity contribution in [1.29, 1.82) is 0 Å². The molecule has 1 amide bonds. The number of carbonyl (C=O) groups is 1. The number of nitrogens with zero attached hydrogens (tertiary/aromatic N) is 3. The molecule has 0 spiro atoms. The van der Waals surface area contributed by atoms with E-state index in [0.29, 0.717) is 36.0 Å². The smallest absolute Gasteiger partial charge is 0.264 e. The van der Waals surface area contributed by atoms with Crippen molar-refractivity contribution in [1.82, 2.24) is 14.5 Å². The van der Waals surface area contributed by atoms with Gasteiger partial charge in [-0.05, 0) is 117 Å². The SMILES string of the molecule is C[C@@H]1[C@@H](C)CCC[C@@H](CN2CCN3CCOC[C@@H]3C2)[C@@H]2CC[C@H]2CN2CCCCc3cc(Cl)ccc3COc3ccc(cc32)C(=O)NS1(=O)=O. The molecule has 3 fully saturated rings. The second-order valence-electron chi connectivity index (χ2n) is 15.7. The predicted octanol–water partition coefficient (Wildman–Crippen LogP) is 5.99. The maximum Gasteiger partial charge on any atom is 0.264 e. The molecule has 9 nitrogen and oxygen atoms in total. The van der Waals surface area contributed by atoms with E-state index < -0.39 is 21.2 Å². The third-order valence-corrected chi connectivity index (χ3v) is 14.7. The molecule has 4 heterocycles. The van der Waals surface area contributed by atoms with Gasteiger partial charge in [0.25, 0.3) is 5.91 Å². The molecule has 50 heavy (non-hydrogen) atoms. The summed E-state index contributed by atoms with van der Waals surface area (Å²) in [6.07, 6.45) is 8.27. The van der Waals surface area contributed by atoms with E-state index >= 15 is 0 Å². The molecule has 6 atom stereocenters. The van der Waals surface area contributed by atoms with Crippen LogP contribution in [0.1, 0.15) is 80.3 Å². The van der Waals surface area contributed by atoms with Crippen LogP contribution in [-0.4, -0.2) is 94.4 Å². The molecule has 2 aromatic carbocycles. The zero-order valence-corrected chi connectivity index (χ0v) is 31.4. The highest BCUT2D eigenvalue weighted by Crippen LogP contribution is 2.45. The summed E-state index contributed by atoms with van der Waals surface area (Å²) >= 11 is 6.40. The summed E-state index contributed by atoms with van der Waals surface area (Å²) in [4.78, 5) is 21.3. The fraction of sp³-hybridized carbons (Fsp3) is 0.667. The van der Waals surface area contributed by atoms with Gasteiger partial charge < -0.3 is 19.3 Å². The summed E-state index contributed by atoms with van der Waals surface area (Å²) in [6, 6.07) is 11.9. The first kappa shape index (κ1) is 36.0. The predicted molar refractivity (Wildman–Crippen MR) is 199 cm³/mol. The minimum Gasteiger partial charge on any atom is -0.487 e. The summed E-state index contributed by atoms with van der Waals surface area (Å²) in [5.74, 6) is 1.79. The van der Waals surface area contributed by atoms with Crippen LogP contribution in [0.2, 0.25) is 5.02 Å². The van der Waals surface area contributed by atoms with Crippen LogP contribution < -0.4 is 14.4 Å². The second kappa shape index (κ2) is 15.7. The number of carbonyl (C=O) groups excluding carboxylic acids is 1. The average molecular weight is 727 g/mol. The Morgan fingerprint density at radius 1 is 0.920 bits per heavy atom. The van der Waals surface area contributed by atoms with E-state index in [1.165, 1.54) is 18.4 Å².